The molecular formula is C22H19FN4O3. The Morgan fingerprint density at radius 3 is 2.83 bits per heavy atom. The number of imidazole rings is 1. The molecule has 2 unspecified atom stereocenters. The van der Waals surface area contributed by atoms with Crippen molar-refractivity contribution in [2.75, 3.05) is 11.9 Å². The van der Waals surface area contributed by atoms with Crippen LogP contribution >= 0.6 is 0 Å². The number of aromatic hydroxyl groups is 1. The first kappa shape index (κ1) is 18.4. The van der Waals surface area contributed by atoms with Gasteiger partial charge >= 0.3 is 0 Å². The Kier molecular flexibility index (Phi) is 3.92. The summed E-state index contributed by atoms with van der Waals surface area (Å²) < 4.78 is 15.3. The van der Waals surface area contributed by atoms with E-state index in [9.17, 15) is 19.1 Å². The summed E-state index contributed by atoms with van der Waals surface area (Å²) in [7, 11) is 1.82. The second kappa shape index (κ2) is 6.41. The number of phenols is 1. The van der Waals surface area contributed by atoms with Crippen LogP contribution in [0.2, 0.25) is 0 Å². The van der Waals surface area contributed by atoms with E-state index in [2.05, 4.69) is 10.3 Å². The molecule has 0 saturated carbocycles. The summed E-state index contributed by atoms with van der Waals surface area (Å²) in [5, 5.41) is 12.7. The molecule has 1 saturated heterocycles. The Labute approximate surface area is 171 Å². The number of halogens is 1. The number of carbonyl (C=O) groups excluding carboxylic acids is 2. The summed E-state index contributed by atoms with van der Waals surface area (Å²) in [5.41, 5.74) is 0.737. The predicted octanol–water partition coefficient (Wildman–Crippen LogP) is 2.74. The first-order valence-electron chi connectivity index (χ1n) is 9.61. The number of para-hydroxylation sites is 1. The van der Waals surface area contributed by atoms with Crippen LogP contribution in [0.25, 0.3) is 0 Å². The molecule has 2 aliphatic rings. The molecule has 1 aromatic heterocycles. The molecule has 0 bridgehead atoms. The largest absolute Gasteiger partial charge is 0.505 e. The lowest BCUT2D eigenvalue weighted by Crippen LogP contribution is -2.43. The lowest BCUT2D eigenvalue weighted by Gasteiger charge is -2.33. The van der Waals surface area contributed by atoms with Crippen LogP contribution in [0.4, 0.5) is 10.1 Å². The molecule has 1 fully saturated rings. The maximum atomic E-state index is 13.5. The molecule has 3 heterocycles. The Balaban J connectivity index is 1.67. The summed E-state index contributed by atoms with van der Waals surface area (Å²) in [6, 6.07) is 10.3. The van der Waals surface area contributed by atoms with Crippen LogP contribution in [0.5, 0.6) is 5.75 Å². The number of fused-ring (bicyclic) bond motifs is 2. The molecular weight excluding hydrogens is 387 g/mol. The summed E-state index contributed by atoms with van der Waals surface area (Å²) in [6.45, 7) is 0.316. The molecule has 2 amide bonds. The number of likely N-dealkylation sites (tertiary alicyclic amines) is 1. The van der Waals surface area contributed by atoms with Gasteiger partial charge in [0.1, 0.15) is 17.3 Å². The first-order valence-corrected chi connectivity index (χ1v) is 9.61. The second-order valence-electron chi connectivity index (χ2n) is 7.68. The normalized spacial score (nSPS) is 22.4. The molecule has 2 aromatic carbocycles. The Morgan fingerprint density at radius 2 is 2.10 bits per heavy atom. The van der Waals surface area contributed by atoms with E-state index in [1.807, 2.05) is 31.3 Å². The van der Waals surface area contributed by atoms with Crippen molar-refractivity contribution in [3.8, 4) is 5.75 Å². The molecule has 8 heteroatoms. The Hall–Kier alpha value is -3.68. The summed E-state index contributed by atoms with van der Waals surface area (Å²) in [4.78, 5) is 32.8. The summed E-state index contributed by atoms with van der Waals surface area (Å²) >= 11 is 0. The molecule has 3 aromatic rings. The van der Waals surface area contributed by atoms with Gasteiger partial charge in [-0.15, -0.1) is 0 Å². The highest BCUT2D eigenvalue weighted by Gasteiger charge is 2.60. The van der Waals surface area contributed by atoms with Gasteiger partial charge in [-0.2, -0.15) is 0 Å². The minimum atomic E-state index is -0.979. The number of phenolic OH excluding ortho intramolecular Hbond substituents is 1. The number of nitrogens with one attached hydrogen (secondary N) is 1. The van der Waals surface area contributed by atoms with Crippen molar-refractivity contribution in [3.05, 3.63) is 77.6 Å². The van der Waals surface area contributed by atoms with Gasteiger partial charge in [-0.3, -0.25) is 9.59 Å². The van der Waals surface area contributed by atoms with Crippen LogP contribution in [-0.2, 0) is 17.3 Å². The highest BCUT2D eigenvalue weighted by atomic mass is 19.1. The average molecular weight is 406 g/mol. The Bertz CT molecular complexity index is 1190. The third kappa shape index (κ3) is 2.39. The van der Waals surface area contributed by atoms with E-state index >= 15 is 0 Å². The number of carbonyl (C=O) groups is 2. The number of hydrogen-bond donors (Lipinski definition) is 2. The van der Waals surface area contributed by atoms with Gasteiger partial charge in [-0.25, -0.2) is 9.37 Å². The van der Waals surface area contributed by atoms with Crippen LogP contribution < -0.4 is 5.32 Å². The zero-order valence-electron chi connectivity index (χ0n) is 16.2. The number of nitrogens with zero attached hydrogens (tertiary/aromatic N) is 3. The van der Waals surface area contributed by atoms with Crippen LogP contribution in [0.3, 0.4) is 0 Å². The second-order valence-corrected chi connectivity index (χ2v) is 7.68. The lowest BCUT2D eigenvalue weighted by atomic mass is 9.74. The highest BCUT2D eigenvalue weighted by molar-refractivity contribution is 6.08. The van der Waals surface area contributed by atoms with Crippen molar-refractivity contribution in [1.29, 1.82) is 0 Å². The maximum absolute atomic E-state index is 13.5. The van der Waals surface area contributed by atoms with Crippen molar-refractivity contribution in [3.63, 3.8) is 0 Å². The van der Waals surface area contributed by atoms with Crippen LogP contribution in [0.15, 0.2) is 54.9 Å². The fourth-order valence-electron chi connectivity index (χ4n) is 4.72. The van der Waals surface area contributed by atoms with Crippen molar-refractivity contribution in [1.82, 2.24) is 14.5 Å². The zero-order chi connectivity index (χ0) is 21.0. The van der Waals surface area contributed by atoms with Crippen molar-refractivity contribution in [2.45, 2.75) is 17.9 Å². The van der Waals surface area contributed by atoms with Gasteiger partial charge in [-0.05, 0) is 36.2 Å². The number of amides is 2. The van der Waals surface area contributed by atoms with Crippen molar-refractivity contribution in [2.24, 2.45) is 7.05 Å². The van der Waals surface area contributed by atoms with E-state index in [1.54, 1.807) is 21.9 Å². The number of hydrogen-bond acceptors (Lipinski definition) is 4. The van der Waals surface area contributed by atoms with Gasteiger partial charge in [0.25, 0.3) is 5.91 Å². The minimum Gasteiger partial charge on any atom is -0.505 e. The SMILES string of the molecule is Cn1ccnc1C1N(C(=O)c2ccc(F)c(O)c2)CCC12C(=O)Nc1ccccc12. The van der Waals surface area contributed by atoms with E-state index in [1.165, 1.54) is 6.07 Å². The van der Waals surface area contributed by atoms with Gasteiger partial charge < -0.3 is 19.9 Å². The van der Waals surface area contributed by atoms with Crippen LogP contribution in [0.1, 0.15) is 34.2 Å². The average Bonchev–Trinajstić information content (AvgIpc) is 3.41. The fourth-order valence-corrected chi connectivity index (χ4v) is 4.72. The highest BCUT2D eigenvalue weighted by Crippen LogP contribution is 2.54. The molecule has 2 aliphatic heterocycles. The van der Waals surface area contributed by atoms with Gasteiger partial charge in [-0.1, -0.05) is 18.2 Å². The lowest BCUT2D eigenvalue weighted by molar-refractivity contribution is -0.121. The van der Waals surface area contributed by atoms with E-state index in [-0.39, 0.29) is 11.5 Å². The molecule has 2 N–H and O–H groups in total. The standard InChI is InChI=1S/C22H19FN4O3/c1-26-11-9-24-19(26)18-22(14-4-2-3-5-16(14)25-21(22)30)8-10-27(18)20(29)13-6-7-15(23)17(28)12-13/h2-7,9,11-12,18,28H,8,10H2,1H3,(H,25,30). The third-order valence-corrected chi connectivity index (χ3v) is 6.14. The predicted molar refractivity (Wildman–Crippen MR) is 106 cm³/mol. The van der Waals surface area contributed by atoms with Gasteiger partial charge in [0, 0.05) is 37.2 Å². The maximum Gasteiger partial charge on any atom is 0.254 e. The Morgan fingerprint density at radius 1 is 1.30 bits per heavy atom. The van der Waals surface area contributed by atoms with E-state index < -0.39 is 28.9 Å². The first-order chi connectivity index (χ1) is 14.4. The van der Waals surface area contributed by atoms with E-state index in [0.29, 0.717) is 18.8 Å². The quantitative estimate of drug-likeness (QED) is 0.685. The van der Waals surface area contributed by atoms with Gasteiger partial charge in [0.15, 0.2) is 11.6 Å². The molecule has 30 heavy (non-hydrogen) atoms. The summed E-state index contributed by atoms with van der Waals surface area (Å²) in [6.07, 6.45) is 3.82. The van der Waals surface area contributed by atoms with E-state index in [4.69, 9.17) is 0 Å². The number of aromatic nitrogens is 2. The molecule has 2 atom stereocenters. The number of aryl methyl sites for hydroxylation is 1. The summed E-state index contributed by atoms with van der Waals surface area (Å²) in [5.74, 6) is -1.37. The molecule has 0 aliphatic carbocycles. The third-order valence-electron chi connectivity index (χ3n) is 6.14. The van der Waals surface area contributed by atoms with Crippen molar-refractivity contribution < 1.29 is 19.1 Å². The molecule has 7 nitrogen and oxygen atoms in total. The van der Waals surface area contributed by atoms with Crippen molar-refractivity contribution >= 4 is 17.5 Å². The molecule has 1 spiro atoms. The molecule has 0 radical (unpaired) electrons. The van der Waals surface area contributed by atoms with E-state index in [0.717, 1.165) is 23.4 Å². The van der Waals surface area contributed by atoms with Gasteiger partial charge in [0.05, 0.1) is 0 Å². The van der Waals surface area contributed by atoms with Crippen LogP contribution in [0, 0.1) is 5.82 Å². The number of benzene rings is 2. The minimum absolute atomic E-state index is 0.150. The smallest absolute Gasteiger partial charge is 0.254 e. The number of rotatable bonds is 2. The monoisotopic (exact) mass is 406 g/mol. The fraction of sp³-hybridized carbons (Fsp3) is 0.227. The van der Waals surface area contributed by atoms with Gasteiger partial charge in [0.2, 0.25) is 5.91 Å². The topological polar surface area (TPSA) is 87.5 Å². The van der Waals surface area contributed by atoms with Crippen LogP contribution in [-0.4, -0.2) is 37.9 Å². The zero-order valence-corrected chi connectivity index (χ0v) is 16.2. The molecule has 152 valence electrons. The number of anilines is 1. The molecule has 5 rings (SSSR count).